The molecule has 6 heteroatoms. The number of rotatable bonds is 9. The first-order valence-corrected chi connectivity index (χ1v) is 8.44. The van der Waals surface area contributed by atoms with Crippen molar-refractivity contribution in [3.8, 4) is 11.5 Å². The normalized spacial score (nSPS) is 11.3. The summed E-state index contributed by atoms with van der Waals surface area (Å²) in [5.74, 6) is 0.274. The van der Waals surface area contributed by atoms with Gasteiger partial charge in [-0.2, -0.15) is 0 Å². The van der Waals surface area contributed by atoms with Crippen molar-refractivity contribution >= 4 is 11.9 Å². The highest BCUT2D eigenvalue weighted by Gasteiger charge is 2.12. The van der Waals surface area contributed by atoms with E-state index >= 15 is 0 Å². The third kappa shape index (κ3) is 6.47. The fraction of sp³-hybridized carbons (Fsp3) is 0.300. The van der Waals surface area contributed by atoms with Gasteiger partial charge < -0.3 is 19.5 Å². The molecule has 0 unspecified atom stereocenters. The minimum Gasteiger partial charge on any atom is -0.494 e. The van der Waals surface area contributed by atoms with Crippen LogP contribution in [0.1, 0.15) is 25.5 Å². The monoisotopic (exact) mass is 357 g/mol. The number of esters is 1. The first-order chi connectivity index (χ1) is 12.6. The average molecular weight is 357 g/mol. The molecule has 0 aliphatic carbocycles. The van der Waals surface area contributed by atoms with E-state index in [0.717, 1.165) is 11.3 Å². The van der Waals surface area contributed by atoms with E-state index in [1.54, 1.807) is 24.3 Å². The second kappa shape index (κ2) is 10.1. The zero-order valence-corrected chi connectivity index (χ0v) is 14.9. The molecule has 2 rings (SSSR count). The van der Waals surface area contributed by atoms with Gasteiger partial charge in [-0.15, -0.1) is 0 Å². The molecule has 0 bridgehead atoms. The van der Waals surface area contributed by atoms with Gasteiger partial charge in [-0.3, -0.25) is 4.79 Å². The molecule has 0 aliphatic heterocycles. The molecular formula is C20H23NO5. The molecule has 26 heavy (non-hydrogen) atoms. The number of nitrogens with one attached hydrogen (secondary N) is 1. The summed E-state index contributed by atoms with van der Waals surface area (Å²) < 4.78 is 15.6. The molecule has 0 fully saturated rings. The highest BCUT2D eigenvalue weighted by molar-refractivity contribution is 5.81. The van der Waals surface area contributed by atoms with Crippen LogP contribution >= 0.6 is 0 Å². The van der Waals surface area contributed by atoms with E-state index in [1.807, 2.05) is 44.2 Å². The molecular weight excluding hydrogens is 334 g/mol. The molecule has 0 aliphatic rings. The molecule has 2 aromatic rings. The first-order valence-electron chi connectivity index (χ1n) is 8.44. The van der Waals surface area contributed by atoms with Crippen molar-refractivity contribution in [2.24, 2.45) is 0 Å². The van der Waals surface area contributed by atoms with Crippen molar-refractivity contribution in [3.05, 3.63) is 60.2 Å². The zero-order valence-electron chi connectivity index (χ0n) is 14.9. The number of amides is 1. The molecule has 138 valence electrons. The fourth-order valence-corrected chi connectivity index (χ4v) is 2.24. The highest BCUT2D eigenvalue weighted by Crippen LogP contribution is 2.17. The maximum Gasteiger partial charge on any atom is 0.344 e. The molecule has 6 nitrogen and oxygen atoms in total. The second-order valence-corrected chi connectivity index (χ2v) is 5.55. The van der Waals surface area contributed by atoms with E-state index < -0.39 is 5.97 Å². The quantitative estimate of drug-likeness (QED) is 0.699. The Hall–Kier alpha value is -3.02. The van der Waals surface area contributed by atoms with Crippen LogP contribution in [0.15, 0.2) is 54.6 Å². The number of carbonyl (C=O) groups excluding carboxylic acids is 2. The number of hydrogen-bond acceptors (Lipinski definition) is 5. The summed E-state index contributed by atoms with van der Waals surface area (Å²) in [5.41, 5.74) is 0.978. The predicted molar refractivity (Wildman–Crippen MR) is 97.1 cm³/mol. The van der Waals surface area contributed by atoms with Crippen LogP contribution in [0, 0.1) is 0 Å². The van der Waals surface area contributed by atoms with Gasteiger partial charge >= 0.3 is 5.97 Å². The molecule has 0 saturated heterocycles. The highest BCUT2D eigenvalue weighted by atomic mass is 16.6. The van der Waals surface area contributed by atoms with Crippen LogP contribution in [0.5, 0.6) is 11.5 Å². The first kappa shape index (κ1) is 19.3. The molecule has 1 amide bonds. The third-order valence-electron chi connectivity index (χ3n) is 3.53. The van der Waals surface area contributed by atoms with Crippen molar-refractivity contribution in [3.63, 3.8) is 0 Å². The van der Waals surface area contributed by atoms with Crippen LogP contribution in [0.3, 0.4) is 0 Å². The van der Waals surface area contributed by atoms with Gasteiger partial charge in [0.1, 0.15) is 11.5 Å². The van der Waals surface area contributed by atoms with E-state index in [2.05, 4.69) is 5.32 Å². The third-order valence-corrected chi connectivity index (χ3v) is 3.53. The maximum atomic E-state index is 11.9. The summed E-state index contributed by atoms with van der Waals surface area (Å²) >= 11 is 0. The van der Waals surface area contributed by atoms with Crippen molar-refractivity contribution in [2.75, 3.05) is 19.8 Å². The van der Waals surface area contributed by atoms with Gasteiger partial charge in [0.05, 0.1) is 12.6 Å². The Morgan fingerprint density at radius 1 is 0.923 bits per heavy atom. The lowest BCUT2D eigenvalue weighted by atomic mass is 10.1. The van der Waals surface area contributed by atoms with Gasteiger partial charge in [-0.05, 0) is 43.7 Å². The standard InChI is InChI=1S/C20H23NO5/c1-3-24-17-9-11-18(12-10-17)25-14-20(23)26-13-19(22)21-15(2)16-7-5-4-6-8-16/h4-12,15H,3,13-14H2,1-2H3,(H,21,22)/t15-/m0/s1. The van der Waals surface area contributed by atoms with E-state index in [9.17, 15) is 9.59 Å². The lowest BCUT2D eigenvalue weighted by Gasteiger charge is -2.14. The van der Waals surface area contributed by atoms with E-state index in [0.29, 0.717) is 12.4 Å². The van der Waals surface area contributed by atoms with Crippen LogP contribution in [0.25, 0.3) is 0 Å². The van der Waals surface area contributed by atoms with Gasteiger partial charge in [-0.1, -0.05) is 30.3 Å². The minimum atomic E-state index is -0.610. The lowest BCUT2D eigenvalue weighted by molar-refractivity contribution is -0.150. The van der Waals surface area contributed by atoms with Gasteiger partial charge in [0, 0.05) is 0 Å². The summed E-state index contributed by atoms with van der Waals surface area (Å²) in [4.78, 5) is 23.6. The van der Waals surface area contributed by atoms with E-state index in [4.69, 9.17) is 14.2 Å². The number of hydrogen-bond donors (Lipinski definition) is 1. The molecule has 0 aromatic heterocycles. The zero-order chi connectivity index (χ0) is 18.8. The molecule has 2 aromatic carbocycles. The van der Waals surface area contributed by atoms with Crippen LogP contribution in [0.4, 0.5) is 0 Å². The smallest absolute Gasteiger partial charge is 0.344 e. The fourth-order valence-electron chi connectivity index (χ4n) is 2.24. The average Bonchev–Trinajstić information content (AvgIpc) is 2.66. The largest absolute Gasteiger partial charge is 0.494 e. The summed E-state index contributed by atoms with van der Waals surface area (Å²) in [6, 6.07) is 16.3. The Labute approximate surface area is 153 Å². The van der Waals surface area contributed by atoms with Gasteiger partial charge in [0.2, 0.25) is 0 Å². The Morgan fingerprint density at radius 3 is 2.15 bits per heavy atom. The molecule has 0 radical (unpaired) electrons. The summed E-state index contributed by atoms with van der Waals surface area (Å²) in [5, 5.41) is 2.77. The minimum absolute atomic E-state index is 0.164. The van der Waals surface area contributed by atoms with Crippen molar-refractivity contribution in [1.82, 2.24) is 5.32 Å². The molecule has 0 spiro atoms. The molecule has 0 heterocycles. The predicted octanol–water partition coefficient (Wildman–Crippen LogP) is 2.88. The van der Waals surface area contributed by atoms with Crippen molar-refractivity contribution in [2.45, 2.75) is 19.9 Å². The maximum absolute atomic E-state index is 11.9. The van der Waals surface area contributed by atoms with Crippen LogP contribution in [-0.4, -0.2) is 31.7 Å². The number of ether oxygens (including phenoxy) is 3. The lowest BCUT2D eigenvalue weighted by Crippen LogP contribution is -2.31. The summed E-state index contributed by atoms with van der Waals surface area (Å²) in [6.07, 6.45) is 0. The van der Waals surface area contributed by atoms with Crippen molar-refractivity contribution in [1.29, 1.82) is 0 Å². The van der Waals surface area contributed by atoms with E-state index in [-0.39, 0.29) is 25.2 Å². The van der Waals surface area contributed by atoms with Crippen LogP contribution in [0.2, 0.25) is 0 Å². The molecule has 1 N–H and O–H groups in total. The van der Waals surface area contributed by atoms with Crippen LogP contribution < -0.4 is 14.8 Å². The molecule has 0 saturated carbocycles. The summed E-state index contributed by atoms with van der Waals surface area (Å²) in [6.45, 7) is 3.73. The van der Waals surface area contributed by atoms with Gasteiger partial charge in [-0.25, -0.2) is 4.79 Å². The Kier molecular flexibility index (Phi) is 7.49. The van der Waals surface area contributed by atoms with Gasteiger partial charge in [0.15, 0.2) is 13.2 Å². The van der Waals surface area contributed by atoms with Crippen molar-refractivity contribution < 1.29 is 23.8 Å². The topological polar surface area (TPSA) is 73.9 Å². The van der Waals surface area contributed by atoms with Crippen LogP contribution in [-0.2, 0) is 14.3 Å². The number of benzene rings is 2. The Morgan fingerprint density at radius 2 is 1.54 bits per heavy atom. The molecule has 1 atom stereocenters. The Balaban J connectivity index is 1.68. The van der Waals surface area contributed by atoms with E-state index in [1.165, 1.54) is 0 Å². The second-order valence-electron chi connectivity index (χ2n) is 5.55. The SMILES string of the molecule is CCOc1ccc(OCC(=O)OCC(=O)N[C@@H](C)c2ccccc2)cc1. The Bertz CT molecular complexity index is 700. The number of carbonyl (C=O) groups is 2. The van der Waals surface area contributed by atoms with Gasteiger partial charge in [0.25, 0.3) is 5.91 Å². The summed E-state index contributed by atoms with van der Waals surface area (Å²) in [7, 11) is 0.